The molecule has 0 atom stereocenters. The zero-order chi connectivity index (χ0) is 15.9. The van der Waals surface area contributed by atoms with Crippen LogP contribution in [0, 0.1) is 6.92 Å². The fourth-order valence-corrected chi connectivity index (χ4v) is 2.43. The third kappa shape index (κ3) is 4.58. The molecule has 9 heteroatoms. The van der Waals surface area contributed by atoms with Gasteiger partial charge in [0.2, 0.25) is 0 Å². The maximum Gasteiger partial charge on any atom is 0.279 e. The van der Waals surface area contributed by atoms with Crippen LogP contribution in [0.25, 0.3) is 0 Å². The number of hydrogen-bond donors (Lipinski definition) is 1. The molecule has 1 amide bonds. The Morgan fingerprint density at radius 3 is 2.73 bits per heavy atom. The van der Waals surface area contributed by atoms with E-state index >= 15 is 0 Å². The predicted octanol–water partition coefficient (Wildman–Crippen LogP) is 1.69. The third-order valence-electron chi connectivity index (χ3n) is 2.65. The molecule has 0 unspecified atom stereocenters. The standard InChI is InChI=1S/C13H19N5O3S/c1-4-20-11(21-5-2)7-18-6-10(16-17-18)12(19)15-13-14-9(3)8-22-13/h6,8,11H,4-5,7H2,1-3H3,(H,14,15,19). The second kappa shape index (κ2) is 7.97. The highest BCUT2D eigenvalue weighted by atomic mass is 32.1. The molecule has 120 valence electrons. The van der Waals surface area contributed by atoms with E-state index in [0.29, 0.717) is 24.9 Å². The van der Waals surface area contributed by atoms with E-state index in [1.807, 2.05) is 26.2 Å². The van der Waals surface area contributed by atoms with Crippen LogP contribution in [0.1, 0.15) is 30.0 Å². The molecule has 1 N–H and O–H groups in total. The van der Waals surface area contributed by atoms with Gasteiger partial charge in [0.15, 0.2) is 17.1 Å². The largest absolute Gasteiger partial charge is 0.351 e. The number of nitrogens with zero attached hydrogens (tertiary/aromatic N) is 4. The summed E-state index contributed by atoms with van der Waals surface area (Å²) in [5.41, 5.74) is 1.08. The van der Waals surface area contributed by atoms with Crippen LogP contribution in [-0.2, 0) is 16.0 Å². The van der Waals surface area contributed by atoms with E-state index in [2.05, 4.69) is 20.6 Å². The Balaban J connectivity index is 1.96. The molecule has 2 heterocycles. The van der Waals surface area contributed by atoms with E-state index in [4.69, 9.17) is 9.47 Å². The van der Waals surface area contributed by atoms with Crippen LogP contribution in [0.5, 0.6) is 0 Å². The van der Waals surface area contributed by atoms with Crippen molar-refractivity contribution in [2.24, 2.45) is 0 Å². The predicted molar refractivity (Wildman–Crippen MR) is 81.9 cm³/mol. The smallest absolute Gasteiger partial charge is 0.279 e. The van der Waals surface area contributed by atoms with Crippen molar-refractivity contribution in [1.29, 1.82) is 0 Å². The minimum Gasteiger partial charge on any atom is -0.351 e. The lowest BCUT2D eigenvalue weighted by Crippen LogP contribution is -2.24. The zero-order valence-electron chi connectivity index (χ0n) is 12.8. The number of anilines is 1. The number of carbonyl (C=O) groups is 1. The highest BCUT2D eigenvalue weighted by Gasteiger charge is 2.15. The number of rotatable bonds is 8. The number of carbonyl (C=O) groups excluding carboxylic acids is 1. The summed E-state index contributed by atoms with van der Waals surface area (Å²) in [5, 5.41) is 12.9. The number of ether oxygens (including phenoxy) is 2. The van der Waals surface area contributed by atoms with Crippen molar-refractivity contribution in [1.82, 2.24) is 20.0 Å². The second-order valence-electron chi connectivity index (χ2n) is 4.41. The quantitative estimate of drug-likeness (QED) is 0.743. The van der Waals surface area contributed by atoms with Crippen LogP contribution in [0.4, 0.5) is 5.13 Å². The molecule has 0 bridgehead atoms. The summed E-state index contributed by atoms with van der Waals surface area (Å²) >= 11 is 1.37. The van der Waals surface area contributed by atoms with E-state index in [-0.39, 0.29) is 11.6 Å². The van der Waals surface area contributed by atoms with E-state index in [1.54, 1.807) is 6.20 Å². The van der Waals surface area contributed by atoms with Gasteiger partial charge in [-0.2, -0.15) is 0 Å². The summed E-state index contributed by atoms with van der Waals surface area (Å²) in [4.78, 5) is 16.2. The van der Waals surface area contributed by atoms with Crippen LogP contribution in [0.3, 0.4) is 0 Å². The minimum absolute atomic E-state index is 0.222. The summed E-state index contributed by atoms with van der Waals surface area (Å²) in [6.07, 6.45) is 1.15. The Morgan fingerprint density at radius 1 is 1.41 bits per heavy atom. The first-order valence-corrected chi connectivity index (χ1v) is 7.87. The average molecular weight is 325 g/mol. The van der Waals surface area contributed by atoms with Crippen molar-refractivity contribution in [3.05, 3.63) is 23.0 Å². The van der Waals surface area contributed by atoms with Crippen molar-refractivity contribution in [2.45, 2.75) is 33.6 Å². The highest BCUT2D eigenvalue weighted by molar-refractivity contribution is 7.13. The number of thiazole rings is 1. The molecule has 0 aliphatic heterocycles. The SMILES string of the molecule is CCOC(Cn1cc(C(=O)Nc2nc(C)cs2)nn1)OCC. The van der Waals surface area contributed by atoms with Gasteiger partial charge in [-0.05, 0) is 20.8 Å². The minimum atomic E-state index is -0.408. The molecule has 2 aromatic rings. The zero-order valence-corrected chi connectivity index (χ0v) is 13.6. The van der Waals surface area contributed by atoms with Gasteiger partial charge in [-0.15, -0.1) is 16.4 Å². The molecule has 8 nitrogen and oxygen atoms in total. The molecule has 0 aromatic carbocycles. The van der Waals surface area contributed by atoms with Gasteiger partial charge in [0.25, 0.3) is 5.91 Å². The molecule has 2 aromatic heterocycles. The Kier molecular flexibility index (Phi) is 5.99. The van der Waals surface area contributed by atoms with Gasteiger partial charge in [-0.25, -0.2) is 9.67 Å². The van der Waals surface area contributed by atoms with Gasteiger partial charge in [-0.3, -0.25) is 10.1 Å². The Bertz CT molecular complexity index is 606. The molecule has 0 fully saturated rings. The summed E-state index contributed by atoms with van der Waals surface area (Å²) < 4.78 is 12.4. The maximum absolute atomic E-state index is 12.1. The third-order valence-corrected chi connectivity index (χ3v) is 3.53. The van der Waals surface area contributed by atoms with Gasteiger partial charge in [-0.1, -0.05) is 5.21 Å². The lowest BCUT2D eigenvalue weighted by atomic mass is 10.4. The van der Waals surface area contributed by atoms with Gasteiger partial charge in [0.05, 0.1) is 18.4 Å². The van der Waals surface area contributed by atoms with E-state index in [1.165, 1.54) is 16.0 Å². The van der Waals surface area contributed by atoms with Crippen molar-refractivity contribution in [3.63, 3.8) is 0 Å². The number of aromatic nitrogens is 4. The molecule has 2 rings (SSSR count). The summed E-state index contributed by atoms with van der Waals surface area (Å²) in [6, 6.07) is 0. The van der Waals surface area contributed by atoms with Gasteiger partial charge in [0.1, 0.15) is 0 Å². The van der Waals surface area contributed by atoms with Crippen LogP contribution < -0.4 is 5.32 Å². The van der Waals surface area contributed by atoms with Crippen molar-refractivity contribution < 1.29 is 14.3 Å². The lowest BCUT2D eigenvalue weighted by molar-refractivity contribution is -0.145. The number of aryl methyl sites for hydroxylation is 1. The summed E-state index contributed by atoms with van der Waals surface area (Å²) in [6.45, 7) is 7.10. The molecule has 0 spiro atoms. The number of hydrogen-bond acceptors (Lipinski definition) is 7. The van der Waals surface area contributed by atoms with Crippen molar-refractivity contribution in [3.8, 4) is 0 Å². The van der Waals surface area contributed by atoms with Crippen LogP contribution in [-0.4, -0.2) is 45.4 Å². The molecule has 0 aliphatic rings. The molecular weight excluding hydrogens is 306 g/mol. The number of amides is 1. The summed E-state index contributed by atoms with van der Waals surface area (Å²) in [5.74, 6) is -0.343. The van der Waals surface area contributed by atoms with Crippen molar-refractivity contribution >= 4 is 22.4 Å². The van der Waals surface area contributed by atoms with Gasteiger partial charge < -0.3 is 9.47 Å². The monoisotopic (exact) mass is 325 g/mol. The Morgan fingerprint density at radius 2 is 2.14 bits per heavy atom. The Hall–Kier alpha value is -1.84. The second-order valence-corrected chi connectivity index (χ2v) is 5.27. The first-order chi connectivity index (χ1) is 10.6. The molecule has 22 heavy (non-hydrogen) atoms. The molecule has 0 saturated heterocycles. The van der Waals surface area contributed by atoms with E-state index in [0.717, 1.165) is 5.69 Å². The normalized spacial score (nSPS) is 11.1. The molecular formula is C13H19N5O3S. The molecule has 0 aliphatic carbocycles. The van der Waals surface area contributed by atoms with Gasteiger partial charge >= 0.3 is 0 Å². The fourth-order valence-electron chi connectivity index (χ4n) is 1.74. The average Bonchev–Trinajstić information content (AvgIpc) is 3.09. The van der Waals surface area contributed by atoms with E-state index in [9.17, 15) is 4.79 Å². The Labute approximate surface area is 132 Å². The van der Waals surface area contributed by atoms with Crippen molar-refractivity contribution in [2.75, 3.05) is 18.5 Å². The first-order valence-electron chi connectivity index (χ1n) is 6.99. The topological polar surface area (TPSA) is 91.2 Å². The van der Waals surface area contributed by atoms with Crippen LogP contribution in [0.15, 0.2) is 11.6 Å². The maximum atomic E-state index is 12.1. The van der Waals surface area contributed by atoms with Crippen LogP contribution in [0.2, 0.25) is 0 Å². The number of nitrogens with one attached hydrogen (secondary N) is 1. The lowest BCUT2D eigenvalue weighted by Gasteiger charge is -2.16. The highest BCUT2D eigenvalue weighted by Crippen LogP contribution is 2.15. The van der Waals surface area contributed by atoms with Crippen LogP contribution >= 0.6 is 11.3 Å². The molecule has 0 saturated carbocycles. The van der Waals surface area contributed by atoms with Gasteiger partial charge in [0, 0.05) is 18.6 Å². The summed E-state index contributed by atoms with van der Waals surface area (Å²) in [7, 11) is 0. The first kappa shape index (κ1) is 16.5. The van der Waals surface area contributed by atoms with E-state index < -0.39 is 6.29 Å². The molecule has 0 radical (unpaired) electrons. The fraction of sp³-hybridized carbons (Fsp3) is 0.538.